The van der Waals surface area contributed by atoms with Crippen LogP contribution >= 0.6 is 31.9 Å². The molecule has 7 nitrogen and oxygen atoms in total. The van der Waals surface area contributed by atoms with Gasteiger partial charge >= 0.3 is 0 Å². The van der Waals surface area contributed by atoms with Crippen molar-refractivity contribution in [3.05, 3.63) is 104 Å². The van der Waals surface area contributed by atoms with Crippen molar-refractivity contribution in [2.45, 2.75) is 30.2 Å². The van der Waals surface area contributed by atoms with Crippen LogP contribution in [0.2, 0.25) is 0 Å². The molecular weight excluding hydrogens is 670 g/mol. The van der Waals surface area contributed by atoms with Crippen molar-refractivity contribution in [3.63, 3.8) is 0 Å². The van der Waals surface area contributed by atoms with Crippen LogP contribution in [0.5, 0.6) is 0 Å². The lowest BCUT2D eigenvalue weighted by atomic mass is 9.77. The molecule has 3 aromatic rings. The summed E-state index contributed by atoms with van der Waals surface area (Å²) in [5.74, 6) is -0.185. The lowest BCUT2D eigenvalue weighted by Gasteiger charge is -2.30. The molecule has 1 saturated carbocycles. The summed E-state index contributed by atoms with van der Waals surface area (Å²) < 4.78 is 34.9. The van der Waals surface area contributed by atoms with Gasteiger partial charge in [-0.05, 0) is 90.6 Å². The summed E-state index contributed by atoms with van der Waals surface area (Å²) in [7, 11) is -3.65. The minimum atomic E-state index is -3.65. The van der Waals surface area contributed by atoms with Crippen molar-refractivity contribution in [2.24, 2.45) is 11.0 Å². The number of hydrazone groups is 1. The number of fused-ring (bicyclic) bond motifs is 1. The van der Waals surface area contributed by atoms with Gasteiger partial charge in [-0.25, -0.2) is 13.4 Å². The van der Waals surface area contributed by atoms with Gasteiger partial charge in [-0.1, -0.05) is 56.1 Å². The van der Waals surface area contributed by atoms with Gasteiger partial charge < -0.3 is 4.74 Å². The van der Waals surface area contributed by atoms with Gasteiger partial charge in [0.25, 0.3) is 5.91 Å². The summed E-state index contributed by atoms with van der Waals surface area (Å²) in [6, 6.07) is 22.2. The second-order valence-electron chi connectivity index (χ2n) is 10.4. The Kier molecular flexibility index (Phi) is 8.29. The maximum atomic E-state index is 14.0. The average Bonchev–Trinajstić information content (AvgIpc) is 3.39. The molecule has 0 aromatic heterocycles. The Balaban J connectivity index is 1.34. The largest absolute Gasteiger partial charge is 0.379 e. The quantitative estimate of drug-likeness (QED) is 0.298. The molecule has 1 saturated heterocycles. The zero-order valence-electron chi connectivity index (χ0n) is 22.2. The zero-order valence-corrected chi connectivity index (χ0v) is 26.2. The highest BCUT2D eigenvalue weighted by molar-refractivity contribution is 9.10. The molecule has 0 unspecified atom stereocenters. The minimum absolute atomic E-state index is 0.0662. The van der Waals surface area contributed by atoms with Crippen LogP contribution in [0.1, 0.15) is 46.8 Å². The van der Waals surface area contributed by atoms with Crippen molar-refractivity contribution >= 4 is 59.6 Å². The SMILES string of the molecule is O=C(c1ccc(S(=O)(=O)N2CCOCC2)cc1)N1N=C2/C(=C/c3ccc(Br)cc3)CCC[C@H]2[C@H]1c1ccc(Br)cc1. The number of carbonyl (C=O) groups excluding carboxylic acids is 1. The van der Waals surface area contributed by atoms with Gasteiger partial charge in [0.2, 0.25) is 10.0 Å². The van der Waals surface area contributed by atoms with Crippen LogP contribution < -0.4 is 0 Å². The van der Waals surface area contributed by atoms with E-state index in [1.807, 2.05) is 36.4 Å². The highest BCUT2D eigenvalue weighted by Gasteiger charge is 2.44. The average molecular weight is 699 g/mol. The summed E-state index contributed by atoms with van der Waals surface area (Å²) >= 11 is 7.03. The predicted octanol–water partition coefficient (Wildman–Crippen LogP) is 6.67. The van der Waals surface area contributed by atoms with E-state index in [4.69, 9.17) is 9.84 Å². The van der Waals surface area contributed by atoms with Gasteiger partial charge in [-0.2, -0.15) is 9.41 Å². The topological polar surface area (TPSA) is 79.3 Å². The number of allylic oxidation sites excluding steroid dienone is 1. The number of nitrogens with zero attached hydrogens (tertiary/aromatic N) is 3. The van der Waals surface area contributed by atoms with Gasteiger partial charge in [0.1, 0.15) is 0 Å². The first-order valence-corrected chi connectivity index (χ1v) is 16.7. The normalized spacial score (nSPS) is 22.4. The molecule has 2 aliphatic heterocycles. The number of ether oxygens (including phenoxy) is 1. The summed E-state index contributed by atoms with van der Waals surface area (Å²) in [6.45, 7) is 1.39. The summed E-state index contributed by atoms with van der Waals surface area (Å²) in [6.07, 6.45) is 5.01. The fourth-order valence-corrected chi connectivity index (χ4v) is 7.70. The van der Waals surface area contributed by atoms with Crippen LogP contribution in [-0.4, -0.2) is 55.7 Å². The Labute approximate surface area is 257 Å². The molecule has 0 bridgehead atoms. The second kappa shape index (κ2) is 11.9. The third-order valence-corrected chi connectivity index (χ3v) is 10.8. The molecule has 41 heavy (non-hydrogen) atoms. The Hall–Kier alpha value is -2.63. The van der Waals surface area contributed by atoms with E-state index in [0.717, 1.165) is 50.6 Å². The molecule has 3 aromatic carbocycles. The molecule has 2 heterocycles. The van der Waals surface area contributed by atoms with Crippen molar-refractivity contribution in [2.75, 3.05) is 26.3 Å². The number of rotatable bonds is 5. The van der Waals surface area contributed by atoms with Crippen molar-refractivity contribution in [1.29, 1.82) is 0 Å². The molecule has 2 atom stereocenters. The molecule has 0 radical (unpaired) electrons. The summed E-state index contributed by atoms with van der Waals surface area (Å²) in [5, 5.41) is 6.58. The number of halogens is 2. The van der Waals surface area contributed by atoms with Gasteiger partial charge in [-0.15, -0.1) is 0 Å². The maximum absolute atomic E-state index is 14.0. The van der Waals surface area contributed by atoms with E-state index in [1.54, 1.807) is 17.1 Å². The molecule has 1 amide bonds. The van der Waals surface area contributed by atoms with E-state index in [9.17, 15) is 13.2 Å². The Bertz CT molecular complexity index is 1600. The van der Waals surface area contributed by atoms with E-state index >= 15 is 0 Å². The van der Waals surface area contributed by atoms with Crippen molar-refractivity contribution in [3.8, 4) is 0 Å². The first-order valence-electron chi connectivity index (χ1n) is 13.6. The van der Waals surface area contributed by atoms with E-state index in [2.05, 4.69) is 50.1 Å². The van der Waals surface area contributed by atoms with Gasteiger partial charge in [0, 0.05) is 33.5 Å². The molecular formula is C31H29Br2N3O4S. The van der Waals surface area contributed by atoms with Crippen LogP contribution in [0.3, 0.4) is 0 Å². The molecule has 2 fully saturated rings. The molecule has 1 aliphatic carbocycles. The Morgan fingerprint density at radius 2 is 1.54 bits per heavy atom. The summed E-state index contributed by atoms with van der Waals surface area (Å²) in [5.41, 5.74) is 4.60. The lowest BCUT2D eigenvalue weighted by Crippen LogP contribution is -2.40. The summed E-state index contributed by atoms with van der Waals surface area (Å²) in [4.78, 5) is 14.2. The third-order valence-electron chi connectivity index (χ3n) is 7.84. The third kappa shape index (κ3) is 5.85. The van der Waals surface area contributed by atoms with Gasteiger partial charge in [0.05, 0.1) is 29.9 Å². The highest BCUT2D eigenvalue weighted by atomic mass is 79.9. The van der Waals surface area contributed by atoms with Crippen LogP contribution in [0.15, 0.2) is 97.3 Å². The lowest BCUT2D eigenvalue weighted by molar-refractivity contribution is 0.0680. The van der Waals surface area contributed by atoms with E-state index in [-0.39, 0.29) is 22.8 Å². The molecule has 0 spiro atoms. The number of hydrogen-bond donors (Lipinski definition) is 0. The van der Waals surface area contributed by atoms with E-state index < -0.39 is 10.0 Å². The smallest absolute Gasteiger partial charge is 0.274 e. The number of hydrogen-bond acceptors (Lipinski definition) is 5. The van der Waals surface area contributed by atoms with E-state index in [1.165, 1.54) is 16.4 Å². The van der Waals surface area contributed by atoms with Crippen LogP contribution in [0.25, 0.3) is 6.08 Å². The predicted molar refractivity (Wildman–Crippen MR) is 166 cm³/mol. The maximum Gasteiger partial charge on any atom is 0.274 e. The number of sulfonamides is 1. The van der Waals surface area contributed by atoms with Crippen molar-refractivity contribution < 1.29 is 17.9 Å². The molecule has 6 rings (SSSR count). The fourth-order valence-electron chi connectivity index (χ4n) is 5.76. The monoisotopic (exact) mass is 697 g/mol. The van der Waals surface area contributed by atoms with Crippen molar-refractivity contribution in [1.82, 2.24) is 9.31 Å². The fraction of sp³-hybridized carbons (Fsp3) is 0.290. The molecule has 10 heteroatoms. The van der Waals surface area contributed by atoms with Crippen LogP contribution in [-0.2, 0) is 14.8 Å². The molecule has 0 N–H and O–H groups in total. The second-order valence-corrected chi connectivity index (χ2v) is 14.2. The van der Waals surface area contributed by atoms with Gasteiger partial charge in [0.15, 0.2) is 0 Å². The molecule has 3 aliphatic rings. The van der Waals surface area contributed by atoms with E-state index in [0.29, 0.717) is 31.9 Å². The first-order chi connectivity index (χ1) is 19.8. The van der Waals surface area contributed by atoms with Crippen LogP contribution in [0.4, 0.5) is 0 Å². The number of carbonyl (C=O) groups is 1. The number of amides is 1. The Morgan fingerprint density at radius 3 is 2.20 bits per heavy atom. The van der Waals surface area contributed by atoms with Crippen LogP contribution in [0, 0.1) is 5.92 Å². The number of morpholine rings is 1. The minimum Gasteiger partial charge on any atom is -0.379 e. The number of benzene rings is 3. The van der Waals surface area contributed by atoms with Gasteiger partial charge in [-0.3, -0.25) is 4.79 Å². The Morgan fingerprint density at radius 1 is 0.902 bits per heavy atom. The first kappa shape index (κ1) is 28.5. The highest BCUT2D eigenvalue weighted by Crippen LogP contribution is 2.45. The zero-order chi connectivity index (χ0) is 28.6. The molecule has 212 valence electrons. The standard InChI is InChI=1S/C31H29Br2N3O4S/c32-25-10-4-21(5-11-25)20-24-2-1-3-28-29(24)34-36(30(28)22-6-12-26(33)13-7-22)31(37)23-8-14-27(15-9-23)41(38,39)35-16-18-40-19-17-35/h4-15,20,28,30H,1-3,16-19H2/b24-20+/t28-,30-/m1/s1.